The highest BCUT2D eigenvalue weighted by Crippen LogP contribution is 2.40. The van der Waals surface area contributed by atoms with Crippen LogP contribution < -0.4 is 18.9 Å². The van der Waals surface area contributed by atoms with E-state index in [0.29, 0.717) is 11.5 Å². The van der Waals surface area contributed by atoms with Gasteiger partial charge in [-0.2, -0.15) is 0 Å². The minimum absolute atomic E-state index is 0.210. The highest BCUT2D eigenvalue weighted by atomic mass is 16.7. The Morgan fingerprint density at radius 3 is 1.42 bits per heavy atom. The van der Waals surface area contributed by atoms with Gasteiger partial charge in [-0.1, -0.05) is 42.5 Å². The number of methoxy groups -OCH3 is 4. The molecule has 0 saturated heterocycles. The molecule has 0 radical (unpaired) electrons. The molecular weight excluding hydrogens is 428 g/mol. The maximum absolute atomic E-state index is 11.7. The molecule has 8 heteroatoms. The number of hydrogen-bond acceptors (Lipinski definition) is 8. The zero-order chi connectivity index (χ0) is 23.8. The van der Waals surface area contributed by atoms with Crippen molar-refractivity contribution in [2.75, 3.05) is 28.4 Å². The van der Waals surface area contributed by atoms with Crippen LogP contribution in [0.5, 0.6) is 23.0 Å². The van der Waals surface area contributed by atoms with Crippen LogP contribution in [-0.2, 0) is 9.47 Å². The lowest BCUT2D eigenvalue weighted by Crippen LogP contribution is -2.11. The number of carbonyl (C=O) groups is 2. The van der Waals surface area contributed by atoms with E-state index in [-0.39, 0.29) is 17.4 Å². The van der Waals surface area contributed by atoms with Gasteiger partial charge in [-0.3, -0.25) is 0 Å². The van der Waals surface area contributed by atoms with E-state index in [2.05, 4.69) is 9.47 Å². The third kappa shape index (κ3) is 5.54. The number of benzene rings is 3. The quantitative estimate of drug-likeness (QED) is 0.275. The van der Waals surface area contributed by atoms with Crippen LogP contribution in [0.15, 0.2) is 66.7 Å². The van der Waals surface area contributed by atoms with Crippen LogP contribution in [0, 0.1) is 0 Å². The molecule has 0 saturated carbocycles. The van der Waals surface area contributed by atoms with E-state index < -0.39 is 12.3 Å². The fourth-order valence-electron chi connectivity index (χ4n) is 3.39. The minimum atomic E-state index is -0.861. The summed E-state index contributed by atoms with van der Waals surface area (Å²) < 4.78 is 30.5. The van der Waals surface area contributed by atoms with Crippen LogP contribution in [0.2, 0.25) is 0 Å². The summed E-state index contributed by atoms with van der Waals surface area (Å²) in [5, 5.41) is 0. The smallest absolute Gasteiger partial charge is 0.493 e. The van der Waals surface area contributed by atoms with Crippen molar-refractivity contribution in [1.29, 1.82) is 0 Å². The molecule has 0 heterocycles. The topological polar surface area (TPSA) is 89.5 Å². The second-order valence-corrected chi connectivity index (χ2v) is 6.78. The molecule has 0 atom stereocenters. The first-order chi connectivity index (χ1) is 16.0. The van der Waals surface area contributed by atoms with Gasteiger partial charge in [0.05, 0.1) is 28.4 Å². The van der Waals surface area contributed by atoms with Crippen molar-refractivity contribution in [3.63, 3.8) is 0 Å². The average molecular weight is 452 g/mol. The van der Waals surface area contributed by atoms with Gasteiger partial charge < -0.3 is 28.4 Å². The lowest BCUT2D eigenvalue weighted by atomic mass is 9.85. The summed E-state index contributed by atoms with van der Waals surface area (Å²) in [6.07, 6.45) is -1.72. The molecule has 3 rings (SSSR count). The van der Waals surface area contributed by atoms with Gasteiger partial charge in [-0.15, -0.1) is 0 Å². The van der Waals surface area contributed by atoms with E-state index in [0.717, 1.165) is 16.7 Å². The van der Waals surface area contributed by atoms with Crippen LogP contribution in [0.1, 0.15) is 22.6 Å². The maximum atomic E-state index is 11.7. The Morgan fingerprint density at radius 1 is 0.576 bits per heavy atom. The number of ether oxygens (including phenoxy) is 6. The predicted octanol–water partition coefficient (Wildman–Crippen LogP) is 5.17. The van der Waals surface area contributed by atoms with E-state index >= 15 is 0 Å². The Labute approximate surface area is 191 Å². The van der Waals surface area contributed by atoms with E-state index in [9.17, 15) is 9.59 Å². The molecular formula is C25H24O8. The Bertz CT molecular complexity index is 1040. The molecule has 0 bridgehead atoms. The standard InChI is InChI=1S/C25H24O8/c1-28-19-12-10-17(14-21(19)32-24(26)30-3)23(16-8-6-5-7-9-16)18-11-13-20(29-2)22(15-18)33-25(27)31-4/h5-15,23H,1-4H3. The van der Waals surface area contributed by atoms with Crippen LogP contribution in [-0.4, -0.2) is 40.7 Å². The van der Waals surface area contributed by atoms with Crippen molar-refractivity contribution in [3.8, 4) is 23.0 Å². The highest BCUT2D eigenvalue weighted by molar-refractivity contribution is 5.67. The largest absolute Gasteiger partial charge is 0.513 e. The second-order valence-electron chi connectivity index (χ2n) is 6.78. The summed E-state index contributed by atoms with van der Waals surface area (Å²) in [4.78, 5) is 23.5. The highest BCUT2D eigenvalue weighted by Gasteiger charge is 2.22. The van der Waals surface area contributed by atoms with Crippen LogP contribution in [0.3, 0.4) is 0 Å². The summed E-state index contributed by atoms with van der Waals surface area (Å²) in [7, 11) is 5.42. The monoisotopic (exact) mass is 452 g/mol. The third-order valence-corrected chi connectivity index (χ3v) is 4.89. The van der Waals surface area contributed by atoms with Gasteiger partial charge in [-0.25, -0.2) is 9.59 Å². The van der Waals surface area contributed by atoms with Crippen LogP contribution >= 0.6 is 0 Å². The summed E-state index contributed by atoms with van der Waals surface area (Å²) in [6.45, 7) is 0. The molecule has 3 aromatic carbocycles. The van der Waals surface area contributed by atoms with Gasteiger partial charge in [0.25, 0.3) is 0 Å². The Morgan fingerprint density at radius 2 is 1.03 bits per heavy atom. The number of carbonyl (C=O) groups excluding carboxylic acids is 2. The first-order valence-corrected chi connectivity index (χ1v) is 9.93. The Balaban J connectivity index is 2.15. The van der Waals surface area contributed by atoms with E-state index in [4.69, 9.17) is 18.9 Å². The minimum Gasteiger partial charge on any atom is -0.493 e. The second kappa shape index (κ2) is 10.9. The van der Waals surface area contributed by atoms with E-state index in [1.54, 1.807) is 24.3 Å². The molecule has 0 N–H and O–H groups in total. The molecule has 8 nitrogen and oxygen atoms in total. The first-order valence-electron chi connectivity index (χ1n) is 9.93. The summed E-state index contributed by atoms with van der Waals surface area (Å²) in [5.74, 6) is 0.869. The van der Waals surface area contributed by atoms with Gasteiger partial charge >= 0.3 is 12.3 Å². The van der Waals surface area contributed by atoms with Crippen molar-refractivity contribution in [2.24, 2.45) is 0 Å². The molecule has 0 aliphatic rings. The molecule has 0 aliphatic heterocycles. The van der Waals surface area contributed by atoms with Gasteiger partial charge in [0, 0.05) is 5.92 Å². The normalized spacial score (nSPS) is 10.3. The molecule has 0 amide bonds. The fraction of sp³-hybridized carbons (Fsp3) is 0.200. The number of hydrogen-bond donors (Lipinski definition) is 0. The molecule has 0 aliphatic carbocycles. The summed E-state index contributed by atoms with van der Waals surface area (Å²) in [6, 6.07) is 20.3. The van der Waals surface area contributed by atoms with Gasteiger partial charge in [0.2, 0.25) is 0 Å². The predicted molar refractivity (Wildman–Crippen MR) is 119 cm³/mol. The zero-order valence-corrected chi connectivity index (χ0v) is 18.7. The zero-order valence-electron chi connectivity index (χ0n) is 18.7. The third-order valence-electron chi connectivity index (χ3n) is 4.89. The Kier molecular flexibility index (Phi) is 7.75. The number of rotatable bonds is 7. The van der Waals surface area contributed by atoms with Crippen molar-refractivity contribution < 1.29 is 38.0 Å². The lowest BCUT2D eigenvalue weighted by Gasteiger charge is -2.21. The van der Waals surface area contributed by atoms with Crippen LogP contribution in [0.4, 0.5) is 9.59 Å². The van der Waals surface area contributed by atoms with Gasteiger partial charge in [-0.05, 0) is 41.0 Å². The van der Waals surface area contributed by atoms with Crippen molar-refractivity contribution in [3.05, 3.63) is 83.4 Å². The van der Waals surface area contributed by atoms with Crippen molar-refractivity contribution >= 4 is 12.3 Å². The average Bonchev–Trinajstić information content (AvgIpc) is 2.85. The lowest BCUT2D eigenvalue weighted by molar-refractivity contribution is 0.119. The van der Waals surface area contributed by atoms with Gasteiger partial charge in [0.15, 0.2) is 23.0 Å². The Hall–Kier alpha value is -4.20. The van der Waals surface area contributed by atoms with E-state index in [1.165, 1.54) is 28.4 Å². The van der Waals surface area contributed by atoms with Crippen molar-refractivity contribution in [2.45, 2.75) is 5.92 Å². The maximum Gasteiger partial charge on any atom is 0.513 e. The summed E-state index contributed by atoms with van der Waals surface area (Å²) in [5.41, 5.74) is 2.56. The van der Waals surface area contributed by atoms with E-state index in [1.807, 2.05) is 42.5 Å². The molecule has 3 aromatic rings. The molecule has 0 aromatic heterocycles. The van der Waals surface area contributed by atoms with Crippen molar-refractivity contribution in [1.82, 2.24) is 0 Å². The molecule has 33 heavy (non-hydrogen) atoms. The summed E-state index contributed by atoms with van der Waals surface area (Å²) >= 11 is 0. The molecule has 0 fully saturated rings. The SMILES string of the molecule is COC(=O)Oc1cc(C(c2ccccc2)c2ccc(OC)c(OC(=O)OC)c2)ccc1OC. The van der Waals surface area contributed by atoms with Crippen LogP contribution in [0.25, 0.3) is 0 Å². The first kappa shape index (κ1) is 23.5. The molecule has 0 spiro atoms. The molecule has 0 unspecified atom stereocenters. The van der Waals surface area contributed by atoms with Gasteiger partial charge in [0.1, 0.15) is 0 Å². The molecule has 172 valence electrons. The fourth-order valence-corrected chi connectivity index (χ4v) is 3.39.